The van der Waals surface area contributed by atoms with E-state index in [9.17, 15) is 4.79 Å². The molecule has 1 aromatic rings. The maximum atomic E-state index is 12.6. The minimum Gasteiger partial charge on any atom is -0.395 e. The Balaban J connectivity index is 2.31. The van der Waals surface area contributed by atoms with E-state index in [1.165, 1.54) is 6.42 Å². The Labute approximate surface area is 108 Å². The maximum Gasteiger partial charge on any atom is 0.274 e. The fraction of sp³-hybridized carbons (Fsp3) is 0.692. The second-order valence-electron chi connectivity index (χ2n) is 5.33. The van der Waals surface area contributed by atoms with Gasteiger partial charge in [-0.3, -0.25) is 9.48 Å². The molecule has 1 amide bonds. The van der Waals surface area contributed by atoms with Crippen LogP contribution in [0.3, 0.4) is 0 Å². The minimum absolute atomic E-state index is 0.00894. The predicted molar refractivity (Wildman–Crippen MR) is 71.3 cm³/mol. The lowest BCUT2D eigenvalue weighted by atomic mass is 9.92. The van der Waals surface area contributed by atoms with E-state index in [0.717, 1.165) is 18.7 Å². The van der Waals surface area contributed by atoms with Gasteiger partial charge in [-0.1, -0.05) is 6.92 Å². The highest BCUT2D eigenvalue weighted by Gasteiger charge is 2.31. The quantitative estimate of drug-likeness (QED) is 0.823. The van der Waals surface area contributed by atoms with Crippen LogP contribution in [0.15, 0.2) is 0 Å². The zero-order chi connectivity index (χ0) is 13.4. The number of piperidine rings is 1. The van der Waals surface area contributed by atoms with Crippen LogP contribution in [-0.4, -0.2) is 33.2 Å². The summed E-state index contributed by atoms with van der Waals surface area (Å²) in [4.78, 5) is 14.5. The smallest absolute Gasteiger partial charge is 0.274 e. The van der Waals surface area contributed by atoms with Gasteiger partial charge in [-0.15, -0.1) is 0 Å². The highest BCUT2D eigenvalue weighted by Crippen LogP contribution is 2.26. The zero-order valence-corrected chi connectivity index (χ0v) is 11.6. The molecule has 2 heterocycles. The standard InChI is InChI=1S/C13H22N4O/c1-8-6-5-7-17(10(8)3)13(18)12-11(14)9(2)15-16(12)4/h8,10H,5-7,14H2,1-4H3. The number of nitrogens with zero attached hydrogens (tertiary/aromatic N) is 3. The summed E-state index contributed by atoms with van der Waals surface area (Å²) in [6.07, 6.45) is 2.25. The number of nitrogen functional groups attached to an aromatic ring is 1. The minimum atomic E-state index is 0.00894. The van der Waals surface area contributed by atoms with Crippen molar-refractivity contribution >= 4 is 11.6 Å². The van der Waals surface area contributed by atoms with Gasteiger partial charge in [0, 0.05) is 19.6 Å². The van der Waals surface area contributed by atoms with E-state index < -0.39 is 0 Å². The fourth-order valence-electron chi connectivity index (χ4n) is 2.69. The van der Waals surface area contributed by atoms with Crippen LogP contribution in [0.5, 0.6) is 0 Å². The Bertz CT molecular complexity index is 466. The number of amides is 1. The van der Waals surface area contributed by atoms with Crippen LogP contribution in [0.25, 0.3) is 0 Å². The molecule has 1 fully saturated rings. The molecule has 18 heavy (non-hydrogen) atoms. The summed E-state index contributed by atoms with van der Waals surface area (Å²) < 4.78 is 1.60. The number of aryl methyl sites for hydroxylation is 2. The summed E-state index contributed by atoms with van der Waals surface area (Å²) in [5.74, 6) is 0.549. The number of aromatic nitrogens is 2. The third-order valence-electron chi connectivity index (χ3n) is 4.11. The number of hydrogen-bond acceptors (Lipinski definition) is 3. The lowest BCUT2D eigenvalue weighted by Crippen LogP contribution is -2.46. The van der Waals surface area contributed by atoms with E-state index in [4.69, 9.17) is 5.73 Å². The molecule has 100 valence electrons. The number of likely N-dealkylation sites (tertiary alicyclic amines) is 1. The number of anilines is 1. The van der Waals surface area contributed by atoms with Crippen LogP contribution >= 0.6 is 0 Å². The maximum absolute atomic E-state index is 12.6. The highest BCUT2D eigenvalue weighted by molar-refractivity contribution is 5.98. The van der Waals surface area contributed by atoms with E-state index in [2.05, 4.69) is 18.9 Å². The summed E-state index contributed by atoms with van der Waals surface area (Å²) in [6.45, 7) is 6.95. The van der Waals surface area contributed by atoms with Crippen molar-refractivity contribution in [2.45, 2.75) is 39.7 Å². The van der Waals surface area contributed by atoms with Crippen LogP contribution in [0, 0.1) is 12.8 Å². The lowest BCUT2D eigenvalue weighted by molar-refractivity contribution is 0.0541. The van der Waals surface area contributed by atoms with Gasteiger partial charge in [-0.05, 0) is 32.6 Å². The van der Waals surface area contributed by atoms with E-state index in [1.54, 1.807) is 11.7 Å². The van der Waals surface area contributed by atoms with Gasteiger partial charge < -0.3 is 10.6 Å². The molecular formula is C13H22N4O. The molecule has 0 bridgehead atoms. The van der Waals surface area contributed by atoms with E-state index in [-0.39, 0.29) is 11.9 Å². The second-order valence-corrected chi connectivity index (χ2v) is 5.33. The monoisotopic (exact) mass is 250 g/mol. The van der Waals surface area contributed by atoms with Crippen molar-refractivity contribution in [3.63, 3.8) is 0 Å². The van der Waals surface area contributed by atoms with Crippen LogP contribution in [-0.2, 0) is 7.05 Å². The van der Waals surface area contributed by atoms with Crippen molar-refractivity contribution in [2.24, 2.45) is 13.0 Å². The summed E-state index contributed by atoms with van der Waals surface area (Å²) >= 11 is 0. The molecule has 0 saturated carbocycles. The van der Waals surface area contributed by atoms with Gasteiger partial charge in [0.2, 0.25) is 0 Å². The number of hydrogen-bond donors (Lipinski definition) is 1. The summed E-state index contributed by atoms with van der Waals surface area (Å²) in [7, 11) is 1.77. The number of nitrogens with two attached hydrogens (primary N) is 1. The molecule has 2 unspecified atom stereocenters. The molecule has 2 atom stereocenters. The summed E-state index contributed by atoms with van der Waals surface area (Å²) in [6, 6.07) is 0.265. The first-order valence-corrected chi connectivity index (χ1v) is 6.53. The van der Waals surface area contributed by atoms with Crippen molar-refractivity contribution in [3.8, 4) is 0 Å². The molecule has 5 heteroatoms. The molecule has 1 aromatic heterocycles. The predicted octanol–water partition coefficient (Wildman–Crippen LogP) is 1.57. The highest BCUT2D eigenvalue weighted by atomic mass is 16.2. The lowest BCUT2D eigenvalue weighted by Gasteiger charge is -2.37. The molecule has 5 nitrogen and oxygen atoms in total. The zero-order valence-electron chi connectivity index (χ0n) is 11.6. The van der Waals surface area contributed by atoms with E-state index in [1.807, 2.05) is 11.8 Å². The number of rotatable bonds is 1. The molecule has 1 saturated heterocycles. The molecule has 1 aliphatic rings. The molecule has 1 aliphatic heterocycles. The summed E-state index contributed by atoms with van der Waals surface area (Å²) in [5, 5.41) is 4.21. The van der Waals surface area contributed by atoms with Gasteiger partial charge in [0.1, 0.15) is 5.69 Å². The number of carbonyl (C=O) groups excluding carboxylic acids is 1. The Morgan fingerprint density at radius 3 is 2.67 bits per heavy atom. The van der Waals surface area contributed by atoms with Crippen molar-refractivity contribution in [1.82, 2.24) is 14.7 Å². The van der Waals surface area contributed by atoms with Crippen LogP contribution in [0.1, 0.15) is 42.9 Å². The van der Waals surface area contributed by atoms with Gasteiger partial charge in [0.05, 0.1) is 11.4 Å². The Morgan fingerprint density at radius 1 is 1.44 bits per heavy atom. The van der Waals surface area contributed by atoms with Gasteiger partial charge >= 0.3 is 0 Å². The van der Waals surface area contributed by atoms with Crippen molar-refractivity contribution < 1.29 is 4.79 Å². The van der Waals surface area contributed by atoms with Crippen molar-refractivity contribution in [1.29, 1.82) is 0 Å². The first-order chi connectivity index (χ1) is 8.43. The normalized spacial score (nSPS) is 24.3. The molecule has 2 rings (SSSR count). The SMILES string of the molecule is Cc1nn(C)c(C(=O)N2CCCC(C)C2C)c1N. The topological polar surface area (TPSA) is 64.2 Å². The van der Waals surface area contributed by atoms with Gasteiger partial charge in [-0.2, -0.15) is 5.10 Å². The molecule has 0 spiro atoms. The van der Waals surface area contributed by atoms with Crippen LogP contribution in [0.2, 0.25) is 0 Å². The third-order valence-corrected chi connectivity index (χ3v) is 4.11. The second kappa shape index (κ2) is 4.63. The van der Waals surface area contributed by atoms with E-state index >= 15 is 0 Å². The Kier molecular flexibility index (Phi) is 3.32. The van der Waals surface area contributed by atoms with Gasteiger partial charge in [-0.25, -0.2) is 0 Å². The average molecular weight is 250 g/mol. The largest absolute Gasteiger partial charge is 0.395 e. The number of carbonyl (C=O) groups is 1. The van der Waals surface area contributed by atoms with Gasteiger partial charge in [0.15, 0.2) is 0 Å². The molecule has 0 radical (unpaired) electrons. The first kappa shape index (κ1) is 12.9. The molecular weight excluding hydrogens is 228 g/mol. The third kappa shape index (κ3) is 1.98. The Hall–Kier alpha value is -1.52. The molecule has 0 aromatic carbocycles. The summed E-state index contributed by atoms with van der Waals surface area (Å²) in [5.41, 5.74) is 7.71. The van der Waals surface area contributed by atoms with Crippen molar-refractivity contribution in [2.75, 3.05) is 12.3 Å². The van der Waals surface area contributed by atoms with Gasteiger partial charge in [0.25, 0.3) is 5.91 Å². The Morgan fingerprint density at radius 2 is 2.11 bits per heavy atom. The van der Waals surface area contributed by atoms with Crippen molar-refractivity contribution in [3.05, 3.63) is 11.4 Å². The average Bonchev–Trinajstić information content (AvgIpc) is 2.56. The van der Waals surface area contributed by atoms with Crippen LogP contribution < -0.4 is 5.73 Å². The molecule has 2 N–H and O–H groups in total. The van der Waals surface area contributed by atoms with Crippen LogP contribution in [0.4, 0.5) is 5.69 Å². The molecule has 0 aliphatic carbocycles. The fourth-order valence-corrected chi connectivity index (χ4v) is 2.69. The first-order valence-electron chi connectivity index (χ1n) is 6.53. The van der Waals surface area contributed by atoms with E-state index in [0.29, 0.717) is 17.3 Å².